The second-order valence-electron chi connectivity index (χ2n) is 3.66. The predicted molar refractivity (Wildman–Crippen MR) is 54.0 cm³/mol. The Bertz CT molecular complexity index is 276. The first kappa shape index (κ1) is 11.1. The van der Waals surface area contributed by atoms with Crippen LogP contribution in [0.3, 0.4) is 0 Å². The van der Waals surface area contributed by atoms with E-state index >= 15 is 0 Å². The molecule has 0 aromatic heterocycles. The largest absolute Gasteiger partial charge is 0.301 e. The van der Waals surface area contributed by atoms with Crippen molar-refractivity contribution in [1.82, 2.24) is 5.48 Å². The molecule has 3 heteroatoms. The predicted octanol–water partition coefficient (Wildman–Crippen LogP) is 2.50. The van der Waals surface area contributed by atoms with E-state index in [0.29, 0.717) is 19.1 Å². The van der Waals surface area contributed by atoms with Crippen LogP contribution in [0.2, 0.25) is 0 Å². The standard InChI is InChI=1S/C11H16FNO/c1-9(2)8-14-13-7-10-4-3-5-11(12)6-10/h3-6,9,13H,7-8H2,1-2H3. The summed E-state index contributed by atoms with van der Waals surface area (Å²) in [5.41, 5.74) is 3.68. The minimum absolute atomic E-state index is 0.215. The fourth-order valence-electron chi connectivity index (χ4n) is 1.01. The Balaban J connectivity index is 2.25. The molecule has 0 saturated heterocycles. The lowest BCUT2D eigenvalue weighted by Gasteiger charge is -2.07. The first-order valence-electron chi connectivity index (χ1n) is 4.77. The summed E-state index contributed by atoms with van der Waals surface area (Å²) >= 11 is 0. The maximum atomic E-state index is 12.7. The van der Waals surface area contributed by atoms with Crippen LogP contribution in [0, 0.1) is 11.7 Å². The van der Waals surface area contributed by atoms with Crippen molar-refractivity contribution >= 4 is 0 Å². The summed E-state index contributed by atoms with van der Waals surface area (Å²) in [6, 6.07) is 6.47. The van der Waals surface area contributed by atoms with Gasteiger partial charge in [0.25, 0.3) is 0 Å². The van der Waals surface area contributed by atoms with E-state index in [1.54, 1.807) is 6.07 Å². The molecule has 1 N–H and O–H groups in total. The first-order chi connectivity index (χ1) is 6.68. The molecule has 0 atom stereocenters. The Hall–Kier alpha value is -0.930. The third-order valence-corrected chi connectivity index (χ3v) is 1.68. The van der Waals surface area contributed by atoms with Crippen LogP contribution in [0.4, 0.5) is 4.39 Å². The van der Waals surface area contributed by atoms with E-state index in [1.807, 2.05) is 6.07 Å². The van der Waals surface area contributed by atoms with Crippen LogP contribution < -0.4 is 5.48 Å². The van der Waals surface area contributed by atoms with E-state index in [0.717, 1.165) is 5.56 Å². The third kappa shape index (κ3) is 4.35. The van der Waals surface area contributed by atoms with Crippen molar-refractivity contribution in [2.45, 2.75) is 20.4 Å². The quantitative estimate of drug-likeness (QED) is 0.578. The van der Waals surface area contributed by atoms with Crippen LogP contribution in [0.25, 0.3) is 0 Å². The van der Waals surface area contributed by atoms with Gasteiger partial charge in [0, 0.05) is 6.54 Å². The van der Waals surface area contributed by atoms with E-state index in [1.165, 1.54) is 12.1 Å². The topological polar surface area (TPSA) is 21.3 Å². The highest BCUT2D eigenvalue weighted by Gasteiger charge is 1.96. The Morgan fingerprint density at radius 3 is 2.86 bits per heavy atom. The summed E-state index contributed by atoms with van der Waals surface area (Å²) in [4.78, 5) is 5.17. The summed E-state index contributed by atoms with van der Waals surface area (Å²) in [5, 5.41) is 0. The maximum Gasteiger partial charge on any atom is 0.123 e. The van der Waals surface area contributed by atoms with Crippen LogP contribution in [0.1, 0.15) is 19.4 Å². The van der Waals surface area contributed by atoms with E-state index in [-0.39, 0.29) is 5.82 Å². The number of nitrogens with one attached hydrogen (secondary N) is 1. The molecule has 1 aromatic carbocycles. The van der Waals surface area contributed by atoms with Crippen molar-refractivity contribution in [3.05, 3.63) is 35.6 Å². The second kappa shape index (κ2) is 5.73. The number of rotatable bonds is 5. The number of hydrogen-bond donors (Lipinski definition) is 1. The van der Waals surface area contributed by atoms with Crippen LogP contribution in [-0.4, -0.2) is 6.61 Å². The zero-order chi connectivity index (χ0) is 10.4. The lowest BCUT2D eigenvalue weighted by molar-refractivity contribution is 0.0196. The molecular weight excluding hydrogens is 181 g/mol. The van der Waals surface area contributed by atoms with E-state index in [4.69, 9.17) is 4.84 Å². The van der Waals surface area contributed by atoms with Crippen molar-refractivity contribution < 1.29 is 9.23 Å². The second-order valence-corrected chi connectivity index (χ2v) is 3.66. The first-order valence-corrected chi connectivity index (χ1v) is 4.77. The zero-order valence-electron chi connectivity index (χ0n) is 8.59. The van der Waals surface area contributed by atoms with Crippen LogP contribution >= 0.6 is 0 Å². The van der Waals surface area contributed by atoms with Crippen LogP contribution in [0.5, 0.6) is 0 Å². The van der Waals surface area contributed by atoms with Crippen LogP contribution in [0.15, 0.2) is 24.3 Å². The van der Waals surface area contributed by atoms with E-state index in [2.05, 4.69) is 19.3 Å². The summed E-state index contributed by atoms with van der Waals surface area (Å²) in [7, 11) is 0. The third-order valence-electron chi connectivity index (χ3n) is 1.68. The molecule has 0 spiro atoms. The average molecular weight is 197 g/mol. The van der Waals surface area contributed by atoms with Crippen molar-refractivity contribution in [3.8, 4) is 0 Å². The van der Waals surface area contributed by atoms with Gasteiger partial charge in [0.15, 0.2) is 0 Å². The maximum absolute atomic E-state index is 12.7. The van der Waals surface area contributed by atoms with Gasteiger partial charge in [0.2, 0.25) is 0 Å². The fraction of sp³-hybridized carbons (Fsp3) is 0.455. The number of hydroxylamine groups is 1. The Labute approximate surface area is 84.0 Å². The number of benzene rings is 1. The van der Waals surface area contributed by atoms with Gasteiger partial charge in [0.05, 0.1) is 6.61 Å². The molecule has 1 aromatic rings. The molecule has 14 heavy (non-hydrogen) atoms. The molecule has 0 bridgehead atoms. The van der Waals surface area contributed by atoms with E-state index in [9.17, 15) is 4.39 Å². The molecule has 0 aliphatic rings. The molecule has 0 aliphatic heterocycles. The summed E-state index contributed by atoms with van der Waals surface area (Å²) < 4.78 is 12.7. The minimum atomic E-state index is -0.215. The molecule has 0 aliphatic carbocycles. The SMILES string of the molecule is CC(C)CONCc1cccc(F)c1. The highest BCUT2D eigenvalue weighted by Crippen LogP contribution is 2.02. The van der Waals surface area contributed by atoms with Gasteiger partial charge in [-0.2, -0.15) is 5.48 Å². The fourth-order valence-corrected chi connectivity index (χ4v) is 1.01. The number of halogens is 1. The molecule has 0 unspecified atom stereocenters. The summed E-state index contributed by atoms with van der Waals surface area (Å²) in [5.74, 6) is 0.281. The molecule has 2 nitrogen and oxygen atoms in total. The van der Waals surface area contributed by atoms with Crippen molar-refractivity contribution in [2.24, 2.45) is 5.92 Å². The molecule has 0 saturated carbocycles. The minimum Gasteiger partial charge on any atom is -0.301 e. The molecular formula is C11H16FNO. The molecule has 0 radical (unpaired) electrons. The average Bonchev–Trinajstić information content (AvgIpc) is 2.12. The van der Waals surface area contributed by atoms with E-state index < -0.39 is 0 Å². The summed E-state index contributed by atoms with van der Waals surface area (Å²) in [6.07, 6.45) is 0. The van der Waals surface area contributed by atoms with Crippen molar-refractivity contribution in [1.29, 1.82) is 0 Å². The van der Waals surface area contributed by atoms with Gasteiger partial charge in [-0.25, -0.2) is 4.39 Å². The van der Waals surface area contributed by atoms with Crippen LogP contribution in [-0.2, 0) is 11.4 Å². The Kier molecular flexibility index (Phi) is 4.56. The molecule has 78 valence electrons. The monoisotopic (exact) mass is 197 g/mol. The van der Waals surface area contributed by atoms with Gasteiger partial charge in [-0.1, -0.05) is 26.0 Å². The molecule has 0 fully saturated rings. The normalized spacial score (nSPS) is 10.9. The lowest BCUT2D eigenvalue weighted by atomic mass is 10.2. The highest BCUT2D eigenvalue weighted by atomic mass is 19.1. The van der Waals surface area contributed by atoms with Gasteiger partial charge in [0.1, 0.15) is 5.82 Å². The summed E-state index contributed by atoms with van der Waals surface area (Å²) in [6.45, 7) is 5.34. The Morgan fingerprint density at radius 2 is 2.21 bits per heavy atom. The smallest absolute Gasteiger partial charge is 0.123 e. The van der Waals surface area contributed by atoms with Gasteiger partial charge in [-0.05, 0) is 23.6 Å². The molecule has 1 rings (SSSR count). The zero-order valence-corrected chi connectivity index (χ0v) is 8.59. The Morgan fingerprint density at radius 1 is 1.43 bits per heavy atom. The molecule has 0 amide bonds. The van der Waals surface area contributed by atoms with Crippen molar-refractivity contribution in [2.75, 3.05) is 6.61 Å². The van der Waals surface area contributed by atoms with Gasteiger partial charge < -0.3 is 4.84 Å². The van der Waals surface area contributed by atoms with Crippen molar-refractivity contribution in [3.63, 3.8) is 0 Å². The van der Waals surface area contributed by atoms with Gasteiger partial charge in [-0.3, -0.25) is 0 Å². The van der Waals surface area contributed by atoms with Gasteiger partial charge >= 0.3 is 0 Å². The number of hydrogen-bond acceptors (Lipinski definition) is 2. The lowest BCUT2D eigenvalue weighted by Crippen LogP contribution is -2.17. The molecule has 0 heterocycles. The highest BCUT2D eigenvalue weighted by molar-refractivity contribution is 5.15. The van der Waals surface area contributed by atoms with Gasteiger partial charge in [-0.15, -0.1) is 0 Å².